The van der Waals surface area contributed by atoms with Gasteiger partial charge in [0, 0.05) is 6.26 Å². The fraction of sp³-hybridized carbons (Fsp3) is 0.300. The van der Waals surface area contributed by atoms with Gasteiger partial charge in [0.1, 0.15) is 0 Å². The van der Waals surface area contributed by atoms with Crippen LogP contribution in [0.5, 0.6) is 0 Å². The maximum absolute atomic E-state index is 11.4. The van der Waals surface area contributed by atoms with Crippen molar-refractivity contribution in [3.05, 3.63) is 29.3 Å². The highest BCUT2D eigenvalue weighted by molar-refractivity contribution is 7.90. The third-order valence-corrected chi connectivity index (χ3v) is 3.40. The van der Waals surface area contributed by atoms with Crippen molar-refractivity contribution < 1.29 is 23.4 Å². The predicted octanol–water partition coefficient (Wildman–Crippen LogP) is 0.517. The Morgan fingerprint density at radius 1 is 1.38 bits per heavy atom. The molecule has 0 amide bonds. The molecule has 0 heterocycles. The molecule has 1 aromatic carbocycles. The van der Waals surface area contributed by atoms with Crippen LogP contribution in [0.25, 0.3) is 0 Å². The molecular weight excluding hydrogens is 232 g/mol. The van der Waals surface area contributed by atoms with Crippen LogP contribution in [-0.4, -0.2) is 30.9 Å². The quantitative estimate of drug-likeness (QED) is 0.808. The van der Waals surface area contributed by atoms with Crippen LogP contribution in [-0.2, 0) is 14.6 Å². The second-order valence-electron chi connectivity index (χ2n) is 3.54. The van der Waals surface area contributed by atoms with Crippen molar-refractivity contribution >= 4 is 15.8 Å². The normalized spacial score (nSPS) is 13.4. The fourth-order valence-electron chi connectivity index (χ4n) is 1.33. The molecule has 1 aromatic rings. The minimum atomic E-state index is -3.42. The molecule has 5 nitrogen and oxygen atoms in total. The molecule has 0 aromatic heterocycles. The van der Waals surface area contributed by atoms with Gasteiger partial charge in [0.25, 0.3) is 0 Å². The van der Waals surface area contributed by atoms with Crippen molar-refractivity contribution in [1.82, 2.24) is 0 Å². The van der Waals surface area contributed by atoms with Gasteiger partial charge in [0.05, 0.1) is 4.90 Å². The SMILES string of the molecule is Cc1ccc(C(O)C(=O)O)cc1S(C)(=O)=O. The molecule has 2 N–H and O–H groups in total. The van der Waals surface area contributed by atoms with E-state index in [4.69, 9.17) is 5.11 Å². The minimum Gasteiger partial charge on any atom is -0.479 e. The van der Waals surface area contributed by atoms with Crippen molar-refractivity contribution in [2.45, 2.75) is 17.9 Å². The van der Waals surface area contributed by atoms with Crippen molar-refractivity contribution in [3.8, 4) is 0 Å². The molecule has 0 aliphatic carbocycles. The van der Waals surface area contributed by atoms with E-state index in [2.05, 4.69) is 0 Å². The summed E-state index contributed by atoms with van der Waals surface area (Å²) in [5.74, 6) is -1.41. The lowest BCUT2D eigenvalue weighted by Crippen LogP contribution is -2.11. The molecule has 6 heteroatoms. The van der Waals surface area contributed by atoms with E-state index in [1.165, 1.54) is 18.2 Å². The van der Waals surface area contributed by atoms with Crippen molar-refractivity contribution in [1.29, 1.82) is 0 Å². The van der Waals surface area contributed by atoms with Gasteiger partial charge in [0.2, 0.25) is 0 Å². The molecule has 16 heavy (non-hydrogen) atoms. The van der Waals surface area contributed by atoms with Crippen molar-refractivity contribution in [2.75, 3.05) is 6.26 Å². The van der Waals surface area contributed by atoms with Gasteiger partial charge >= 0.3 is 5.97 Å². The molecule has 0 spiro atoms. The smallest absolute Gasteiger partial charge is 0.337 e. The number of benzene rings is 1. The van der Waals surface area contributed by atoms with Crippen LogP contribution in [0.1, 0.15) is 17.2 Å². The van der Waals surface area contributed by atoms with E-state index >= 15 is 0 Å². The van der Waals surface area contributed by atoms with E-state index in [1.807, 2.05) is 0 Å². The first-order valence-corrected chi connectivity index (χ1v) is 6.34. The highest BCUT2D eigenvalue weighted by Crippen LogP contribution is 2.21. The molecule has 0 aliphatic rings. The minimum absolute atomic E-state index is 0.0327. The molecule has 0 saturated heterocycles. The number of aliphatic carboxylic acids is 1. The third kappa shape index (κ3) is 2.59. The summed E-state index contributed by atoms with van der Waals surface area (Å²) in [5, 5.41) is 17.9. The molecule has 0 fully saturated rings. The molecule has 1 unspecified atom stereocenters. The summed E-state index contributed by atoms with van der Waals surface area (Å²) >= 11 is 0. The highest BCUT2D eigenvalue weighted by Gasteiger charge is 2.19. The maximum Gasteiger partial charge on any atom is 0.337 e. The Morgan fingerprint density at radius 3 is 2.38 bits per heavy atom. The van der Waals surface area contributed by atoms with Gasteiger partial charge in [-0.25, -0.2) is 13.2 Å². The number of sulfone groups is 1. The van der Waals surface area contributed by atoms with Gasteiger partial charge in [-0.3, -0.25) is 0 Å². The summed E-state index contributed by atoms with van der Waals surface area (Å²) in [6, 6.07) is 4.05. The monoisotopic (exact) mass is 244 g/mol. The largest absolute Gasteiger partial charge is 0.479 e. The zero-order valence-corrected chi connectivity index (χ0v) is 9.65. The van der Waals surface area contributed by atoms with Crippen LogP contribution in [0.15, 0.2) is 23.1 Å². The molecule has 0 radical (unpaired) electrons. The van der Waals surface area contributed by atoms with Crippen LogP contribution < -0.4 is 0 Å². The summed E-state index contributed by atoms with van der Waals surface area (Å²) in [6.07, 6.45) is -0.673. The van der Waals surface area contributed by atoms with Crippen LogP contribution in [0.2, 0.25) is 0 Å². The first-order chi connectivity index (χ1) is 7.23. The number of carbonyl (C=O) groups is 1. The summed E-state index contributed by atoms with van der Waals surface area (Å²) in [6.45, 7) is 1.60. The summed E-state index contributed by atoms with van der Waals surface area (Å²) < 4.78 is 22.7. The molecule has 1 atom stereocenters. The Bertz CT molecular complexity index is 518. The molecule has 88 valence electrons. The molecule has 1 rings (SSSR count). The number of carboxylic acids is 1. The number of rotatable bonds is 3. The first-order valence-electron chi connectivity index (χ1n) is 4.45. The van der Waals surface area contributed by atoms with E-state index in [1.54, 1.807) is 6.92 Å². The number of carboxylic acid groups (broad SMARTS) is 1. The standard InChI is InChI=1S/C10H12O5S/c1-6-3-4-7(9(11)10(12)13)5-8(6)16(2,14)15/h3-5,9,11H,1-2H3,(H,12,13). The third-order valence-electron chi connectivity index (χ3n) is 2.16. The van der Waals surface area contributed by atoms with Gasteiger partial charge in [-0.2, -0.15) is 0 Å². The Hall–Kier alpha value is -1.40. The lowest BCUT2D eigenvalue weighted by molar-refractivity contribution is -0.146. The van der Waals surface area contributed by atoms with Crippen molar-refractivity contribution in [3.63, 3.8) is 0 Å². The van der Waals surface area contributed by atoms with Crippen LogP contribution in [0.4, 0.5) is 0 Å². The first kappa shape index (κ1) is 12.7. The molecule has 0 saturated carbocycles. The van der Waals surface area contributed by atoms with Gasteiger partial charge in [-0.1, -0.05) is 12.1 Å². The van der Waals surface area contributed by atoms with Crippen LogP contribution >= 0.6 is 0 Å². The second kappa shape index (κ2) is 4.23. The van der Waals surface area contributed by atoms with Crippen molar-refractivity contribution in [2.24, 2.45) is 0 Å². The lowest BCUT2D eigenvalue weighted by Gasteiger charge is -2.09. The molecular formula is C10H12O5S. The Balaban J connectivity index is 3.34. The fourth-order valence-corrected chi connectivity index (χ4v) is 2.33. The number of aliphatic hydroxyl groups excluding tert-OH is 1. The van der Waals surface area contributed by atoms with Gasteiger partial charge in [-0.15, -0.1) is 0 Å². The van der Waals surface area contributed by atoms with E-state index in [-0.39, 0.29) is 10.5 Å². The Morgan fingerprint density at radius 2 is 1.94 bits per heavy atom. The maximum atomic E-state index is 11.4. The number of aliphatic hydroxyl groups is 1. The van der Waals surface area contributed by atoms with Crippen LogP contribution in [0.3, 0.4) is 0 Å². The zero-order valence-electron chi connectivity index (χ0n) is 8.84. The van der Waals surface area contributed by atoms with Gasteiger partial charge < -0.3 is 10.2 Å². The Labute approximate surface area is 93.3 Å². The average Bonchev–Trinajstić information content (AvgIpc) is 2.15. The van der Waals surface area contributed by atoms with E-state index in [9.17, 15) is 18.3 Å². The van der Waals surface area contributed by atoms with Crippen LogP contribution in [0, 0.1) is 6.92 Å². The van der Waals surface area contributed by atoms with E-state index in [0.29, 0.717) is 5.56 Å². The number of aryl methyl sites for hydroxylation is 1. The van der Waals surface area contributed by atoms with Gasteiger partial charge in [-0.05, 0) is 24.1 Å². The van der Waals surface area contributed by atoms with E-state index < -0.39 is 21.9 Å². The number of hydrogen-bond acceptors (Lipinski definition) is 4. The topological polar surface area (TPSA) is 91.7 Å². The molecule has 0 aliphatic heterocycles. The highest BCUT2D eigenvalue weighted by atomic mass is 32.2. The van der Waals surface area contributed by atoms with Gasteiger partial charge in [0.15, 0.2) is 15.9 Å². The lowest BCUT2D eigenvalue weighted by atomic mass is 10.1. The zero-order chi connectivity index (χ0) is 12.5. The summed E-state index contributed by atoms with van der Waals surface area (Å²) in [4.78, 5) is 10.6. The average molecular weight is 244 g/mol. The number of hydrogen-bond donors (Lipinski definition) is 2. The predicted molar refractivity (Wildman–Crippen MR) is 56.9 cm³/mol. The second-order valence-corrected chi connectivity index (χ2v) is 5.52. The summed E-state index contributed by atoms with van der Waals surface area (Å²) in [7, 11) is -3.42. The van der Waals surface area contributed by atoms with E-state index in [0.717, 1.165) is 6.26 Å². The molecule has 0 bridgehead atoms. The summed E-state index contributed by atoms with van der Waals surface area (Å²) in [5.41, 5.74) is 0.572. The Kier molecular flexibility index (Phi) is 3.35.